The topological polar surface area (TPSA) is 7.12 Å². The van der Waals surface area contributed by atoms with Crippen LogP contribution in [0, 0.1) is 0 Å². The zero-order valence-corrected chi connectivity index (χ0v) is 15.2. The Morgan fingerprint density at radius 2 is 1.83 bits per heavy atom. The second-order valence-corrected chi connectivity index (χ2v) is 8.07. The van der Waals surface area contributed by atoms with Crippen LogP contribution in [0.5, 0.6) is 0 Å². The molecule has 1 aliphatic rings. The standard InChI is InChI=1S/C19H21N2S2/c1-3-20-14-9-5-7-11-16(14)22-18(20)13-19-21(4-2)15-10-6-8-12-17(15)23-19/h5-12,18H,3-4,13H2,1-2H3/q+1. The first kappa shape index (κ1) is 15.0. The Kier molecular flexibility index (Phi) is 4.04. The molecular formula is C19H21N2S2+. The smallest absolute Gasteiger partial charge is 0.241 e. The fraction of sp³-hybridized carbons (Fsp3) is 0.316. The van der Waals surface area contributed by atoms with E-state index in [-0.39, 0.29) is 0 Å². The van der Waals surface area contributed by atoms with E-state index in [0.29, 0.717) is 5.37 Å². The van der Waals surface area contributed by atoms with Gasteiger partial charge in [-0.25, -0.2) is 0 Å². The van der Waals surface area contributed by atoms with Crippen molar-refractivity contribution in [2.75, 3.05) is 11.4 Å². The van der Waals surface area contributed by atoms with E-state index in [4.69, 9.17) is 0 Å². The van der Waals surface area contributed by atoms with Crippen molar-refractivity contribution in [3.05, 3.63) is 53.5 Å². The number of aryl methyl sites for hydroxylation is 1. The van der Waals surface area contributed by atoms with Gasteiger partial charge in [-0.05, 0) is 32.0 Å². The first-order valence-corrected chi connectivity index (χ1v) is 9.94. The van der Waals surface area contributed by atoms with Crippen LogP contribution in [0.15, 0.2) is 53.4 Å². The van der Waals surface area contributed by atoms with Crippen LogP contribution in [0.3, 0.4) is 0 Å². The Labute approximate surface area is 145 Å². The predicted octanol–water partition coefficient (Wildman–Crippen LogP) is 4.71. The minimum atomic E-state index is 0.503. The lowest BCUT2D eigenvalue weighted by Gasteiger charge is -2.23. The van der Waals surface area contributed by atoms with Gasteiger partial charge in [0.15, 0.2) is 0 Å². The maximum Gasteiger partial charge on any atom is 0.241 e. The highest BCUT2D eigenvalue weighted by Gasteiger charge is 2.32. The van der Waals surface area contributed by atoms with Crippen LogP contribution in [0.4, 0.5) is 5.69 Å². The molecule has 2 nitrogen and oxygen atoms in total. The van der Waals surface area contributed by atoms with Crippen molar-refractivity contribution in [2.45, 2.75) is 37.1 Å². The van der Waals surface area contributed by atoms with Gasteiger partial charge < -0.3 is 4.90 Å². The average Bonchev–Trinajstić information content (AvgIpc) is 3.11. The molecule has 0 bridgehead atoms. The quantitative estimate of drug-likeness (QED) is 0.635. The zero-order chi connectivity index (χ0) is 15.8. The number of nitrogens with zero attached hydrogens (tertiary/aromatic N) is 2. The zero-order valence-electron chi connectivity index (χ0n) is 13.5. The van der Waals surface area contributed by atoms with E-state index in [1.165, 1.54) is 25.8 Å². The first-order chi connectivity index (χ1) is 11.3. The van der Waals surface area contributed by atoms with Crippen molar-refractivity contribution in [1.82, 2.24) is 0 Å². The molecule has 0 amide bonds. The number of likely N-dealkylation sites (N-methyl/N-ethyl adjacent to an activating group) is 1. The molecule has 4 rings (SSSR count). The molecule has 0 N–H and O–H groups in total. The highest BCUT2D eigenvalue weighted by Crippen LogP contribution is 2.44. The SMILES string of the molecule is CCN1c2ccccc2SC1Cc1sc2ccccc2[n+]1CC. The van der Waals surface area contributed by atoms with E-state index in [1.54, 1.807) is 0 Å². The summed E-state index contributed by atoms with van der Waals surface area (Å²) in [6, 6.07) is 17.6. The maximum absolute atomic E-state index is 2.55. The third-order valence-electron chi connectivity index (χ3n) is 4.48. The second-order valence-electron chi connectivity index (χ2n) is 5.74. The summed E-state index contributed by atoms with van der Waals surface area (Å²) in [6.45, 7) is 6.60. The molecule has 3 aromatic rings. The largest absolute Gasteiger partial charge is 0.358 e. The summed E-state index contributed by atoms with van der Waals surface area (Å²) in [5.74, 6) is 0. The van der Waals surface area contributed by atoms with Crippen LogP contribution in [-0.4, -0.2) is 11.9 Å². The number of thiazole rings is 1. The molecule has 0 radical (unpaired) electrons. The number of hydrogen-bond donors (Lipinski definition) is 0. The van der Waals surface area contributed by atoms with E-state index >= 15 is 0 Å². The minimum Gasteiger partial charge on any atom is -0.358 e. The Hall–Kier alpha value is -1.52. The van der Waals surface area contributed by atoms with Crippen molar-refractivity contribution >= 4 is 39.0 Å². The van der Waals surface area contributed by atoms with E-state index in [9.17, 15) is 0 Å². The van der Waals surface area contributed by atoms with Crippen molar-refractivity contribution in [2.24, 2.45) is 0 Å². The molecule has 0 saturated carbocycles. The fourth-order valence-electron chi connectivity index (χ4n) is 3.42. The third kappa shape index (κ3) is 2.54. The van der Waals surface area contributed by atoms with Crippen LogP contribution >= 0.6 is 23.1 Å². The van der Waals surface area contributed by atoms with Gasteiger partial charge in [-0.3, -0.25) is 0 Å². The Balaban J connectivity index is 1.69. The van der Waals surface area contributed by atoms with Crippen LogP contribution in [0.2, 0.25) is 0 Å². The highest BCUT2D eigenvalue weighted by atomic mass is 32.2. The summed E-state index contributed by atoms with van der Waals surface area (Å²) in [6.07, 6.45) is 1.10. The van der Waals surface area contributed by atoms with E-state index in [0.717, 1.165) is 19.5 Å². The van der Waals surface area contributed by atoms with Crippen LogP contribution in [0.25, 0.3) is 10.2 Å². The minimum absolute atomic E-state index is 0.503. The first-order valence-electron chi connectivity index (χ1n) is 8.24. The van der Waals surface area contributed by atoms with Gasteiger partial charge in [-0.2, -0.15) is 4.57 Å². The van der Waals surface area contributed by atoms with Gasteiger partial charge in [-0.15, -0.1) is 0 Å². The number of para-hydroxylation sites is 2. The monoisotopic (exact) mass is 341 g/mol. The number of aromatic nitrogens is 1. The number of hydrogen-bond acceptors (Lipinski definition) is 3. The Bertz CT molecular complexity index is 840. The second kappa shape index (κ2) is 6.17. The van der Waals surface area contributed by atoms with Crippen molar-refractivity contribution in [3.8, 4) is 0 Å². The van der Waals surface area contributed by atoms with Crippen LogP contribution in [-0.2, 0) is 13.0 Å². The molecule has 1 aliphatic heterocycles. The molecule has 2 aromatic carbocycles. The predicted molar refractivity (Wildman–Crippen MR) is 101 cm³/mol. The molecule has 0 spiro atoms. The number of rotatable bonds is 4. The summed E-state index contributed by atoms with van der Waals surface area (Å²) < 4.78 is 3.88. The van der Waals surface area contributed by atoms with Crippen molar-refractivity contribution in [1.29, 1.82) is 0 Å². The molecule has 1 atom stereocenters. The van der Waals surface area contributed by atoms with E-state index < -0.39 is 0 Å². The van der Waals surface area contributed by atoms with Gasteiger partial charge in [0.25, 0.3) is 0 Å². The molecule has 23 heavy (non-hydrogen) atoms. The summed E-state index contributed by atoms with van der Waals surface area (Å²) in [5, 5.41) is 1.99. The lowest BCUT2D eigenvalue weighted by Crippen LogP contribution is -2.39. The van der Waals surface area contributed by atoms with Gasteiger partial charge in [-0.1, -0.05) is 47.4 Å². The van der Waals surface area contributed by atoms with E-state index in [2.05, 4.69) is 71.8 Å². The van der Waals surface area contributed by atoms with E-state index in [1.807, 2.05) is 23.1 Å². The van der Waals surface area contributed by atoms with Crippen LogP contribution < -0.4 is 9.47 Å². The molecule has 2 heterocycles. The molecule has 118 valence electrons. The number of benzene rings is 2. The maximum atomic E-state index is 2.55. The summed E-state index contributed by atoms with van der Waals surface area (Å²) in [4.78, 5) is 3.97. The lowest BCUT2D eigenvalue weighted by molar-refractivity contribution is -0.670. The molecule has 0 fully saturated rings. The lowest BCUT2D eigenvalue weighted by atomic mass is 10.2. The van der Waals surface area contributed by atoms with Crippen molar-refractivity contribution in [3.63, 3.8) is 0 Å². The van der Waals surface area contributed by atoms with Gasteiger partial charge >= 0.3 is 0 Å². The summed E-state index contributed by atoms with van der Waals surface area (Å²) in [7, 11) is 0. The fourth-order valence-corrected chi connectivity index (χ4v) is 6.17. The highest BCUT2D eigenvalue weighted by molar-refractivity contribution is 8.00. The number of anilines is 1. The summed E-state index contributed by atoms with van der Waals surface area (Å²) >= 11 is 3.96. The average molecular weight is 342 g/mol. The van der Waals surface area contributed by atoms with Gasteiger partial charge in [0.1, 0.15) is 11.2 Å². The molecule has 4 heteroatoms. The number of thioether (sulfide) groups is 1. The molecule has 0 saturated heterocycles. The Morgan fingerprint density at radius 1 is 1.04 bits per heavy atom. The van der Waals surface area contributed by atoms with Gasteiger partial charge in [0, 0.05) is 17.5 Å². The van der Waals surface area contributed by atoms with Gasteiger partial charge in [0.2, 0.25) is 10.5 Å². The molecule has 1 unspecified atom stereocenters. The van der Waals surface area contributed by atoms with Gasteiger partial charge in [0.05, 0.1) is 17.5 Å². The molecule has 0 aliphatic carbocycles. The van der Waals surface area contributed by atoms with Crippen LogP contribution in [0.1, 0.15) is 18.9 Å². The van der Waals surface area contributed by atoms with Crippen molar-refractivity contribution < 1.29 is 4.57 Å². The normalized spacial score (nSPS) is 17.0. The molecule has 1 aromatic heterocycles. The summed E-state index contributed by atoms with van der Waals surface area (Å²) in [5.41, 5.74) is 2.77. The Morgan fingerprint density at radius 3 is 2.65 bits per heavy atom. The molecular weight excluding hydrogens is 320 g/mol. The number of fused-ring (bicyclic) bond motifs is 2. The third-order valence-corrected chi connectivity index (χ3v) is 6.96.